The second-order valence-electron chi connectivity index (χ2n) is 4.41. The zero-order chi connectivity index (χ0) is 14.4. The summed E-state index contributed by atoms with van der Waals surface area (Å²) in [5.74, 6) is 0.0194. The number of rotatable bonds is 5. The molecule has 2 N–H and O–H groups in total. The fraction of sp³-hybridized carbons (Fsp3) is 0.188. The number of nitrogens with one attached hydrogen (secondary N) is 1. The Hall–Kier alpha value is -2.33. The van der Waals surface area contributed by atoms with Gasteiger partial charge in [-0.05, 0) is 23.3 Å². The summed E-state index contributed by atoms with van der Waals surface area (Å²) in [4.78, 5) is 12.1. The predicted molar refractivity (Wildman–Crippen MR) is 76.1 cm³/mol. The largest absolute Gasteiger partial charge is 0.508 e. The number of phenols is 1. The molecule has 104 valence electrons. The molecule has 2 aromatic rings. The van der Waals surface area contributed by atoms with E-state index >= 15 is 0 Å². The van der Waals surface area contributed by atoms with Gasteiger partial charge < -0.3 is 15.2 Å². The number of methoxy groups -OCH3 is 1. The molecule has 1 amide bonds. The smallest absolute Gasteiger partial charge is 0.254 e. The minimum atomic E-state index is -0.617. The highest BCUT2D eigenvalue weighted by Crippen LogP contribution is 2.16. The number of carbonyl (C=O) groups is 1. The zero-order valence-electron chi connectivity index (χ0n) is 11.2. The minimum Gasteiger partial charge on any atom is -0.508 e. The molecule has 0 radical (unpaired) electrons. The van der Waals surface area contributed by atoms with Crippen molar-refractivity contribution in [2.75, 3.05) is 7.11 Å². The lowest BCUT2D eigenvalue weighted by Crippen LogP contribution is -2.29. The maximum absolute atomic E-state index is 12.1. The van der Waals surface area contributed by atoms with E-state index < -0.39 is 6.10 Å². The van der Waals surface area contributed by atoms with Crippen molar-refractivity contribution in [3.05, 3.63) is 65.7 Å². The summed E-state index contributed by atoms with van der Waals surface area (Å²) in [6.45, 7) is 0.395. The van der Waals surface area contributed by atoms with Crippen LogP contribution in [0.5, 0.6) is 5.75 Å². The maximum atomic E-state index is 12.1. The lowest BCUT2D eigenvalue weighted by atomic mass is 10.1. The SMILES string of the molecule is COC(C(=O)NCc1ccc(O)cc1)c1ccccc1. The summed E-state index contributed by atoms with van der Waals surface area (Å²) in [5.41, 5.74) is 1.73. The molecule has 0 spiro atoms. The monoisotopic (exact) mass is 271 g/mol. The Morgan fingerprint density at radius 1 is 1.15 bits per heavy atom. The van der Waals surface area contributed by atoms with Crippen LogP contribution in [0.25, 0.3) is 0 Å². The van der Waals surface area contributed by atoms with Gasteiger partial charge in [-0.3, -0.25) is 4.79 Å². The standard InChI is InChI=1S/C16H17NO3/c1-20-15(13-5-3-2-4-6-13)16(19)17-11-12-7-9-14(18)10-8-12/h2-10,15,18H,11H2,1H3,(H,17,19). The predicted octanol–water partition coefficient (Wildman–Crippen LogP) is 2.40. The van der Waals surface area contributed by atoms with Crippen molar-refractivity contribution in [1.29, 1.82) is 0 Å². The van der Waals surface area contributed by atoms with Crippen molar-refractivity contribution in [3.63, 3.8) is 0 Å². The van der Waals surface area contributed by atoms with Crippen LogP contribution in [0.3, 0.4) is 0 Å². The van der Waals surface area contributed by atoms with Gasteiger partial charge in [-0.15, -0.1) is 0 Å². The quantitative estimate of drug-likeness (QED) is 0.878. The summed E-state index contributed by atoms with van der Waals surface area (Å²) >= 11 is 0. The fourth-order valence-corrected chi connectivity index (χ4v) is 1.92. The number of ether oxygens (including phenoxy) is 1. The van der Waals surface area contributed by atoms with Gasteiger partial charge in [-0.2, -0.15) is 0 Å². The normalized spacial score (nSPS) is 11.8. The molecule has 4 nitrogen and oxygen atoms in total. The van der Waals surface area contributed by atoms with Crippen molar-refractivity contribution < 1.29 is 14.6 Å². The van der Waals surface area contributed by atoms with E-state index in [-0.39, 0.29) is 11.7 Å². The molecule has 0 heterocycles. The third-order valence-corrected chi connectivity index (χ3v) is 2.98. The van der Waals surface area contributed by atoms with Gasteiger partial charge in [0, 0.05) is 13.7 Å². The molecule has 0 aliphatic rings. The minimum absolute atomic E-state index is 0.188. The van der Waals surface area contributed by atoms with Crippen LogP contribution in [0.4, 0.5) is 0 Å². The number of phenolic OH excluding ortho intramolecular Hbond substituents is 1. The highest BCUT2D eigenvalue weighted by molar-refractivity contribution is 5.82. The first kappa shape index (κ1) is 14.1. The van der Waals surface area contributed by atoms with Crippen molar-refractivity contribution >= 4 is 5.91 Å². The van der Waals surface area contributed by atoms with Crippen LogP contribution >= 0.6 is 0 Å². The van der Waals surface area contributed by atoms with E-state index in [2.05, 4.69) is 5.32 Å². The van der Waals surface area contributed by atoms with Crippen molar-refractivity contribution in [2.45, 2.75) is 12.6 Å². The molecule has 0 saturated carbocycles. The van der Waals surface area contributed by atoms with Crippen molar-refractivity contribution in [1.82, 2.24) is 5.32 Å². The number of benzene rings is 2. The lowest BCUT2D eigenvalue weighted by molar-refractivity contribution is -0.131. The molecule has 0 aliphatic carbocycles. The highest BCUT2D eigenvalue weighted by Gasteiger charge is 2.19. The average Bonchev–Trinajstić information content (AvgIpc) is 2.48. The molecule has 0 saturated heterocycles. The maximum Gasteiger partial charge on any atom is 0.254 e. The Morgan fingerprint density at radius 2 is 1.80 bits per heavy atom. The van der Waals surface area contributed by atoms with E-state index in [4.69, 9.17) is 4.74 Å². The number of hydrogen-bond acceptors (Lipinski definition) is 3. The van der Waals surface area contributed by atoms with Crippen molar-refractivity contribution in [2.24, 2.45) is 0 Å². The molecular formula is C16H17NO3. The topological polar surface area (TPSA) is 58.6 Å². The Bertz CT molecular complexity index is 552. The molecule has 0 aromatic heterocycles. The van der Waals surface area contributed by atoms with Gasteiger partial charge >= 0.3 is 0 Å². The summed E-state index contributed by atoms with van der Waals surface area (Å²) in [7, 11) is 1.51. The van der Waals surface area contributed by atoms with E-state index in [9.17, 15) is 9.90 Å². The van der Waals surface area contributed by atoms with Crippen LogP contribution in [0, 0.1) is 0 Å². The lowest BCUT2D eigenvalue weighted by Gasteiger charge is -2.15. The second-order valence-corrected chi connectivity index (χ2v) is 4.41. The van der Waals surface area contributed by atoms with Crippen LogP contribution in [0.1, 0.15) is 17.2 Å². The number of carbonyl (C=O) groups excluding carboxylic acids is 1. The van der Waals surface area contributed by atoms with Crippen LogP contribution in [0.15, 0.2) is 54.6 Å². The van der Waals surface area contributed by atoms with Crippen LogP contribution in [0.2, 0.25) is 0 Å². The fourth-order valence-electron chi connectivity index (χ4n) is 1.92. The highest BCUT2D eigenvalue weighted by atomic mass is 16.5. The third-order valence-electron chi connectivity index (χ3n) is 2.98. The Labute approximate surface area is 118 Å². The number of aromatic hydroxyl groups is 1. The third kappa shape index (κ3) is 3.59. The molecule has 4 heteroatoms. The molecule has 1 atom stereocenters. The first-order chi connectivity index (χ1) is 9.70. The average molecular weight is 271 g/mol. The summed E-state index contributed by atoms with van der Waals surface area (Å²) in [6, 6.07) is 16.1. The molecular weight excluding hydrogens is 254 g/mol. The Balaban J connectivity index is 1.98. The van der Waals surface area contributed by atoms with E-state index in [1.165, 1.54) is 7.11 Å². The molecule has 2 aromatic carbocycles. The zero-order valence-corrected chi connectivity index (χ0v) is 11.2. The molecule has 2 rings (SSSR count). The summed E-state index contributed by atoms with van der Waals surface area (Å²) in [6.07, 6.45) is -0.617. The summed E-state index contributed by atoms with van der Waals surface area (Å²) in [5, 5.41) is 12.0. The van der Waals surface area contributed by atoms with E-state index in [1.54, 1.807) is 24.3 Å². The van der Waals surface area contributed by atoms with Crippen molar-refractivity contribution in [3.8, 4) is 5.75 Å². The van der Waals surface area contributed by atoms with E-state index in [0.29, 0.717) is 6.54 Å². The van der Waals surface area contributed by atoms with E-state index in [1.807, 2.05) is 30.3 Å². The van der Waals surface area contributed by atoms with Gasteiger partial charge in [0.25, 0.3) is 5.91 Å². The summed E-state index contributed by atoms with van der Waals surface area (Å²) < 4.78 is 5.25. The van der Waals surface area contributed by atoms with E-state index in [0.717, 1.165) is 11.1 Å². The Morgan fingerprint density at radius 3 is 2.40 bits per heavy atom. The first-order valence-corrected chi connectivity index (χ1v) is 6.34. The van der Waals surface area contributed by atoms with Crippen LogP contribution in [-0.2, 0) is 16.1 Å². The number of hydrogen-bond donors (Lipinski definition) is 2. The first-order valence-electron chi connectivity index (χ1n) is 6.34. The molecule has 1 unspecified atom stereocenters. The van der Waals surface area contributed by atoms with Crippen LogP contribution in [-0.4, -0.2) is 18.1 Å². The van der Waals surface area contributed by atoms with Gasteiger partial charge in [0.05, 0.1) is 0 Å². The van der Waals surface area contributed by atoms with Gasteiger partial charge in [0.2, 0.25) is 0 Å². The molecule has 0 bridgehead atoms. The van der Waals surface area contributed by atoms with Gasteiger partial charge in [-0.1, -0.05) is 42.5 Å². The molecule has 0 aliphatic heterocycles. The van der Waals surface area contributed by atoms with Gasteiger partial charge in [-0.25, -0.2) is 0 Å². The van der Waals surface area contributed by atoms with Crippen LogP contribution < -0.4 is 5.32 Å². The molecule has 0 fully saturated rings. The second kappa shape index (κ2) is 6.73. The molecule has 20 heavy (non-hydrogen) atoms. The number of amides is 1. The Kier molecular flexibility index (Phi) is 4.74. The van der Waals surface area contributed by atoms with Gasteiger partial charge in [0.1, 0.15) is 5.75 Å². The van der Waals surface area contributed by atoms with Gasteiger partial charge in [0.15, 0.2) is 6.10 Å².